The number of esters is 1. The van der Waals surface area contributed by atoms with E-state index in [1.165, 1.54) is 89.9 Å². The Balaban J connectivity index is 0. The number of unbranched alkanes of at least 4 members (excludes halogenated alkanes) is 12. The minimum atomic E-state index is -1.21. The quantitative estimate of drug-likeness (QED) is 0.0707. The fraction of sp³-hybridized carbons (Fsp3) is 0.929. The summed E-state index contributed by atoms with van der Waals surface area (Å²) >= 11 is -0.839. The van der Waals surface area contributed by atoms with Gasteiger partial charge in [0.25, 0.3) is 0 Å². The number of hydrogen-bond donors (Lipinski definition) is 0. The van der Waals surface area contributed by atoms with Crippen molar-refractivity contribution >= 4 is 31.7 Å². The average molecular weight is 575 g/mol. The van der Waals surface area contributed by atoms with Crippen molar-refractivity contribution in [2.75, 3.05) is 6.61 Å². The van der Waals surface area contributed by atoms with Gasteiger partial charge in [-0.15, -0.1) is 0 Å². The van der Waals surface area contributed by atoms with E-state index in [-0.39, 0.29) is 12.8 Å². The number of carboxylic acids is 1. The van der Waals surface area contributed by atoms with Crippen LogP contribution in [0.4, 0.5) is 0 Å². The fourth-order valence-electron chi connectivity index (χ4n) is 3.71. The molecule has 0 unspecified atom stereocenters. The van der Waals surface area contributed by atoms with Crippen LogP contribution in [0.1, 0.15) is 143 Å². The van der Waals surface area contributed by atoms with Gasteiger partial charge in [0.1, 0.15) is 0 Å². The van der Waals surface area contributed by atoms with Crippen molar-refractivity contribution in [1.82, 2.24) is 0 Å². The molecular formula is C28H56O4Sn. The van der Waals surface area contributed by atoms with E-state index in [0.717, 1.165) is 12.8 Å². The molecule has 0 saturated heterocycles. The monoisotopic (exact) mass is 576 g/mol. The van der Waals surface area contributed by atoms with Gasteiger partial charge in [0.2, 0.25) is 0 Å². The number of carbonyl (C=O) groups excluding carboxylic acids is 2. The van der Waals surface area contributed by atoms with Crippen molar-refractivity contribution in [3.05, 3.63) is 0 Å². The molecule has 0 aliphatic heterocycles. The molecule has 196 valence electrons. The Morgan fingerprint density at radius 3 is 1.36 bits per heavy atom. The Kier molecular flexibility index (Phi) is 31.5. The van der Waals surface area contributed by atoms with Crippen LogP contribution in [-0.4, -0.2) is 38.3 Å². The van der Waals surface area contributed by atoms with Gasteiger partial charge in [-0.05, 0) is 12.8 Å². The van der Waals surface area contributed by atoms with E-state index in [9.17, 15) is 14.7 Å². The average Bonchev–Trinajstić information content (AvgIpc) is 2.81. The van der Waals surface area contributed by atoms with Crippen LogP contribution in [0.25, 0.3) is 0 Å². The predicted molar refractivity (Wildman–Crippen MR) is 142 cm³/mol. The summed E-state index contributed by atoms with van der Waals surface area (Å²) in [5.41, 5.74) is 0. The van der Waals surface area contributed by atoms with Gasteiger partial charge >= 0.3 is 98.3 Å². The first kappa shape index (κ1) is 34.9. The molecule has 0 aromatic heterocycles. The predicted octanol–water partition coefficient (Wildman–Crippen LogP) is 7.86. The Labute approximate surface area is 213 Å². The molecule has 0 rings (SSSR count). The second-order valence-corrected chi connectivity index (χ2v) is 17.9. The number of aliphatic carboxylic acids is 1. The van der Waals surface area contributed by atoms with Gasteiger partial charge in [0.15, 0.2) is 0 Å². The molecule has 0 amide bonds. The van der Waals surface area contributed by atoms with Gasteiger partial charge in [0, 0.05) is 5.97 Å². The zero-order chi connectivity index (χ0) is 25.0. The van der Waals surface area contributed by atoms with Crippen molar-refractivity contribution in [1.29, 1.82) is 0 Å². The molecule has 4 nitrogen and oxygen atoms in total. The molecule has 0 radical (unpaired) electrons. The maximum absolute atomic E-state index is 11.1. The van der Waals surface area contributed by atoms with E-state index in [1.54, 1.807) is 13.3 Å². The molecule has 0 bridgehead atoms. The van der Waals surface area contributed by atoms with E-state index < -0.39 is 31.7 Å². The molecule has 0 fully saturated rings. The molecule has 0 aliphatic rings. The Hall–Kier alpha value is -0.261. The molecule has 33 heavy (non-hydrogen) atoms. The third kappa shape index (κ3) is 31.7. The molecule has 0 aliphatic carbocycles. The van der Waals surface area contributed by atoms with Crippen molar-refractivity contribution < 1.29 is 19.4 Å². The standard InChI is InChI=1S/C16H30O4.3C4H9.Sn/c1-2-3-4-5-6-7-8-9-10-11-14-20-16(19)13-12-15(17)18;3*1-3-4-2;/h2-14H2,1H3,(H,17,18);3*1,3-4H2,2H3;/q;;;;+1/p-1. The second-order valence-electron chi connectivity index (χ2n) is 9.34. The Bertz CT molecular complexity index is 396. The zero-order valence-electron chi connectivity index (χ0n) is 22.7. The first-order valence-electron chi connectivity index (χ1n) is 14.2. The molecule has 0 heterocycles. The van der Waals surface area contributed by atoms with Crippen molar-refractivity contribution in [3.63, 3.8) is 0 Å². The van der Waals surface area contributed by atoms with Crippen LogP contribution < -0.4 is 5.11 Å². The van der Waals surface area contributed by atoms with E-state index in [0.29, 0.717) is 6.61 Å². The summed E-state index contributed by atoms with van der Waals surface area (Å²) in [7, 11) is 0. The molecule has 0 N–H and O–H groups in total. The van der Waals surface area contributed by atoms with E-state index in [2.05, 4.69) is 27.7 Å². The fourth-order valence-corrected chi connectivity index (χ4v) is 13.2. The topological polar surface area (TPSA) is 66.4 Å². The summed E-state index contributed by atoms with van der Waals surface area (Å²) in [6.45, 7) is 9.63. The van der Waals surface area contributed by atoms with Crippen LogP contribution in [0.2, 0.25) is 13.3 Å². The third-order valence-electron chi connectivity index (χ3n) is 5.95. The van der Waals surface area contributed by atoms with Crippen LogP contribution in [0.5, 0.6) is 0 Å². The third-order valence-corrected chi connectivity index (χ3v) is 15.0. The zero-order valence-corrected chi connectivity index (χ0v) is 25.5. The van der Waals surface area contributed by atoms with Gasteiger partial charge in [-0.2, -0.15) is 0 Å². The summed E-state index contributed by atoms with van der Waals surface area (Å²) in [6, 6.07) is 0. The molecule has 0 atom stereocenters. The van der Waals surface area contributed by atoms with Crippen molar-refractivity contribution in [2.45, 2.75) is 157 Å². The van der Waals surface area contributed by atoms with E-state index >= 15 is 0 Å². The summed E-state index contributed by atoms with van der Waals surface area (Å²) in [6.07, 6.45) is 20.9. The number of carboxylic acid groups (broad SMARTS) is 1. The second kappa shape index (κ2) is 29.8. The maximum atomic E-state index is 11.1. The van der Waals surface area contributed by atoms with Crippen LogP contribution in [-0.2, 0) is 14.3 Å². The molecular weight excluding hydrogens is 519 g/mol. The van der Waals surface area contributed by atoms with Crippen LogP contribution >= 0.6 is 0 Å². The van der Waals surface area contributed by atoms with Gasteiger partial charge < -0.3 is 14.6 Å². The van der Waals surface area contributed by atoms with Crippen LogP contribution in [0.15, 0.2) is 0 Å². The number of rotatable bonds is 23. The van der Waals surface area contributed by atoms with E-state index in [1.807, 2.05) is 0 Å². The molecule has 0 saturated carbocycles. The number of ether oxygens (including phenoxy) is 1. The number of carbonyl (C=O) groups is 2. The van der Waals surface area contributed by atoms with Crippen molar-refractivity contribution in [2.24, 2.45) is 0 Å². The summed E-state index contributed by atoms with van der Waals surface area (Å²) in [5, 5.41) is 10.1. The Morgan fingerprint density at radius 2 is 0.970 bits per heavy atom. The molecule has 5 heteroatoms. The molecule has 0 aromatic carbocycles. The minimum absolute atomic E-state index is 0.0832. The molecule has 0 aromatic rings. The van der Waals surface area contributed by atoms with Gasteiger partial charge in [-0.3, -0.25) is 4.79 Å². The van der Waals surface area contributed by atoms with Crippen LogP contribution in [0, 0.1) is 0 Å². The molecule has 0 spiro atoms. The Morgan fingerprint density at radius 1 is 0.576 bits per heavy atom. The summed E-state index contributed by atoms with van der Waals surface area (Å²) in [4.78, 5) is 21.2. The van der Waals surface area contributed by atoms with E-state index in [4.69, 9.17) is 4.74 Å². The van der Waals surface area contributed by atoms with Crippen LogP contribution in [0.3, 0.4) is 0 Å². The van der Waals surface area contributed by atoms with Gasteiger partial charge in [0.05, 0.1) is 13.0 Å². The van der Waals surface area contributed by atoms with Gasteiger partial charge in [-0.25, -0.2) is 0 Å². The SMILES string of the molecule is CCCCCCCCCCCCOC(=O)CCC(=O)[O-].CCC[CH2][Sn+]([CH2]CCC)[CH2]CCC. The first-order valence-corrected chi connectivity index (χ1v) is 20.3. The summed E-state index contributed by atoms with van der Waals surface area (Å²) in [5.74, 6) is -1.65. The summed E-state index contributed by atoms with van der Waals surface area (Å²) < 4.78 is 9.97. The van der Waals surface area contributed by atoms with Gasteiger partial charge in [-0.1, -0.05) is 64.7 Å². The number of hydrogen-bond acceptors (Lipinski definition) is 4. The normalized spacial score (nSPS) is 10.4. The van der Waals surface area contributed by atoms with Crippen molar-refractivity contribution in [3.8, 4) is 0 Å². The first-order chi connectivity index (χ1) is 16.0.